The lowest BCUT2D eigenvalue weighted by Gasteiger charge is -2.41. The van der Waals surface area contributed by atoms with E-state index in [9.17, 15) is 4.79 Å². The van der Waals surface area contributed by atoms with Gasteiger partial charge in [-0.15, -0.1) is 11.3 Å². The molecule has 0 saturated heterocycles. The van der Waals surface area contributed by atoms with Crippen LogP contribution in [0.4, 0.5) is 0 Å². The molecule has 3 nitrogen and oxygen atoms in total. The Bertz CT molecular complexity index is 409. The van der Waals surface area contributed by atoms with Crippen molar-refractivity contribution >= 4 is 33.2 Å². The van der Waals surface area contributed by atoms with E-state index in [-0.39, 0.29) is 11.3 Å². The van der Waals surface area contributed by atoms with Crippen molar-refractivity contribution < 1.29 is 4.79 Å². The first-order chi connectivity index (χ1) is 8.63. The van der Waals surface area contributed by atoms with Gasteiger partial charge in [0.05, 0.1) is 0 Å². The minimum atomic E-state index is 0.138. The summed E-state index contributed by atoms with van der Waals surface area (Å²) in [5.41, 5.74) is 5.96. The highest BCUT2D eigenvalue weighted by atomic mass is 79.9. The first kappa shape index (κ1) is 14.0. The van der Waals surface area contributed by atoms with Crippen molar-refractivity contribution in [1.29, 1.82) is 0 Å². The van der Waals surface area contributed by atoms with Crippen LogP contribution in [0.3, 0.4) is 0 Å². The molecule has 0 radical (unpaired) electrons. The maximum absolute atomic E-state index is 11.8. The minimum absolute atomic E-state index is 0.138. The Morgan fingerprint density at radius 2 is 2.33 bits per heavy atom. The van der Waals surface area contributed by atoms with E-state index in [2.05, 4.69) is 27.3 Å². The molecular weight excluding hydrogens is 312 g/mol. The summed E-state index contributed by atoms with van der Waals surface area (Å²) in [4.78, 5) is 13.0. The fourth-order valence-corrected chi connectivity index (χ4v) is 3.68. The van der Waals surface area contributed by atoms with Crippen molar-refractivity contribution in [2.45, 2.75) is 32.1 Å². The molecule has 1 saturated carbocycles. The SMILES string of the molecule is NCC1(CNC(=O)CCc2cc(Br)cs2)CCC1. The lowest BCUT2D eigenvalue weighted by atomic mass is 9.69. The van der Waals surface area contributed by atoms with Crippen LogP contribution in [0.2, 0.25) is 0 Å². The van der Waals surface area contributed by atoms with Crippen LogP contribution in [0, 0.1) is 5.41 Å². The summed E-state index contributed by atoms with van der Waals surface area (Å²) >= 11 is 5.11. The summed E-state index contributed by atoms with van der Waals surface area (Å²) in [7, 11) is 0. The van der Waals surface area contributed by atoms with Gasteiger partial charge in [0.2, 0.25) is 5.91 Å². The Labute approximate surface area is 120 Å². The predicted molar refractivity (Wildman–Crippen MR) is 78.7 cm³/mol. The summed E-state index contributed by atoms with van der Waals surface area (Å²) < 4.78 is 1.10. The Morgan fingerprint density at radius 3 is 2.83 bits per heavy atom. The Balaban J connectivity index is 1.69. The molecule has 0 aromatic carbocycles. The smallest absolute Gasteiger partial charge is 0.220 e. The summed E-state index contributed by atoms with van der Waals surface area (Å²) in [5, 5.41) is 5.07. The molecule has 2 rings (SSSR count). The number of hydrogen-bond acceptors (Lipinski definition) is 3. The highest BCUT2D eigenvalue weighted by Crippen LogP contribution is 2.39. The molecule has 0 unspecified atom stereocenters. The molecule has 18 heavy (non-hydrogen) atoms. The van der Waals surface area contributed by atoms with Crippen molar-refractivity contribution in [3.05, 3.63) is 20.8 Å². The van der Waals surface area contributed by atoms with Gasteiger partial charge in [-0.1, -0.05) is 6.42 Å². The van der Waals surface area contributed by atoms with Gasteiger partial charge in [0, 0.05) is 27.7 Å². The topological polar surface area (TPSA) is 55.1 Å². The molecule has 0 aliphatic heterocycles. The molecule has 1 aromatic rings. The number of thiophene rings is 1. The van der Waals surface area contributed by atoms with Crippen LogP contribution in [-0.2, 0) is 11.2 Å². The minimum Gasteiger partial charge on any atom is -0.355 e. The van der Waals surface area contributed by atoms with E-state index < -0.39 is 0 Å². The monoisotopic (exact) mass is 330 g/mol. The molecule has 1 amide bonds. The quantitative estimate of drug-likeness (QED) is 0.842. The first-order valence-electron chi connectivity index (χ1n) is 6.33. The molecule has 0 bridgehead atoms. The fraction of sp³-hybridized carbons (Fsp3) is 0.615. The largest absolute Gasteiger partial charge is 0.355 e. The molecule has 100 valence electrons. The highest BCUT2D eigenvalue weighted by Gasteiger charge is 2.35. The summed E-state index contributed by atoms with van der Waals surface area (Å²) in [6.45, 7) is 1.43. The van der Waals surface area contributed by atoms with Crippen LogP contribution in [0.5, 0.6) is 0 Å². The van der Waals surface area contributed by atoms with E-state index in [4.69, 9.17) is 5.73 Å². The second-order valence-corrected chi connectivity index (χ2v) is 6.98. The van der Waals surface area contributed by atoms with Crippen molar-refractivity contribution in [2.24, 2.45) is 11.1 Å². The zero-order valence-corrected chi connectivity index (χ0v) is 12.8. The van der Waals surface area contributed by atoms with Crippen LogP contribution >= 0.6 is 27.3 Å². The summed E-state index contributed by atoms with van der Waals surface area (Å²) in [5.74, 6) is 0.138. The molecule has 1 aliphatic rings. The lowest BCUT2D eigenvalue weighted by Crippen LogP contribution is -2.46. The van der Waals surface area contributed by atoms with E-state index in [1.165, 1.54) is 11.3 Å². The van der Waals surface area contributed by atoms with Crippen molar-refractivity contribution in [3.8, 4) is 0 Å². The van der Waals surface area contributed by atoms with Crippen LogP contribution < -0.4 is 11.1 Å². The first-order valence-corrected chi connectivity index (χ1v) is 8.00. The van der Waals surface area contributed by atoms with Crippen LogP contribution in [0.25, 0.3) is 0 Å². The number of rotatable bonds is 6. The second kappa shape index (κ2) is 6.17. The fourth-order valence-electron chi connectivity index (χ4n) is 2.23. The number of aryl methyl sites for hydroxylation is 1. The van der Waals surface area contributed by atoms with E-state index in [0.717, 1.165) is 30.3 Å². The van der Waals surface area contributed by atoms with Gasteiger partial charge in [0.1, 0.15) is 0 Å². The predicted octanol–water partition coefficient (Wildman–Crippen LogP) is 2.69. The number of halogens is 1. The number of nitrogens with one attached hydrogen (secondary N) is 1. The summed E-state index contributed by atoms with van der Waals surface area (Å²) in [6.07, 6.45) is 4.94. The zero-order chi connectivity index (χ0) is 13.0. The van der Waals surface area contributed by atoms with E-state index >= 15 is 0 Å². The average Bonchev–Trinajstić information content (AvgIpc) is 2.72. The van der Waals surface area contributed by atoms with Gasteiger partial charge < -0.3 is 11.1 Å². The lowest BCUT2D eigenvalue weighted by molar-refractivity contribution is -0.121. The van der Waals surface area contributed by atoms with Crippen molar-refractivity contribution in [1.82, 2.24) is 5.32 Å². The van der Waals surface area contributed by atoms with Gasteiger partial charge in [-0.05, 0) is 53.2 Å². The van der Waals surface area contributed by atoms with Crippen LogP contribution in [-0.4, -0.2) is 19.0 Å². The van der Waals surface area contributed by atoms with Crippen LogP contribution in [0.1, 0.15) is 30.6 Å². The van der Waals surface area contributed by atoms with E-state index in [0.29, 0.717) is 13.0 Å². The van der Waals surface area contributed by atoms with Gasteiger partial charge >= 0.3 is 0 Å². The standard InChI is InChI=1S/C13H19BrN2OS/c14-10-6-11(18-7-10)2-3-12(17)16-9-13(8-15)4-1-5-13/h6-7H,1-5,8-9,15H2,(H,16,17). The number of nitrogens with two attached hydrogens (primary N) is 1. The van der Waals surface area contributed by atoms with Crippen molar-refractivity contribution in [2.75, 3.05) is 13.1 Å². The third-order valence-electron chi connectivity index (χ3n) is 3.73. The number of amides is 1. The number of carbonyl (C=O) groups excluding carboxylic acids is 1. The second-order valence-electron chi connectivity index (χ2n) is 5.07. The molecule has 5 heteroatoms. The molecule has 0 spiro atoms. The van der Waals surface area contributed by atoms with E-state index in [1.54, 1.807) is 11.3 Å². The Hall–Kier alpha value is -0.390. The normalized spacial score (nSPS) is 17.2. The van der Waals surface area contributed by atoms with Gasteiger partial charge in [-0.2, -0.15) is 0 Å². The maximum atomic E-state index is 11.8. The third-order valence-corrected chi connectivity index (χ3v) is 5.49. The Kier molecular flexibility index (Phi) is 4.81. The number of carbonyl (C=O) groups is 1. The molecule has 1 aliphatic carbocycles. The molecule has 1 fully saturated rings. The van der Waals surface area contributed by atoms with E-state index in [1.807, 2.05) is 5.38 Å². The molecular formula is C13H19BrN2OS. The number of hydrogen-bond donors (Lipinski definition) is 2. The summed E-state index contributed by atoms with van der Waals surface area (Å²) in [6, 6.07) is 2.07. The van der Waals surface area contributed by atoms with Gasteiger partial charge in [-0.25, -0.2) is 0 Å². The van der Waals surface area contributed by atoms with Crippen LogP contribution in [0.15, 0.2) is 15.9 Å². The van der Waals surface area contributed by atoms with Gasteiger partial charge in [-0.3, -0.25) is 4.79 Å². The molecule has 1 aromatic heterocycles. The van der Waals surface area contributed by atoms with Gasteiger partial charge in [0.15, 0.2) is 0 Å². The molecule has 3 N–H and O–H groups in total. The third kappa shape index (κ3) is 3.56. The molecule has 0 atom stereocenters. The Morgan fingerprint density at radius 1 is 1.56 bits per heavy atom. The van der Waals surface area contributed by atoms with Gasteiger partial charge in [0.25, 0.3) is 0 Å². The maximum Gasteiger partial charge on any atom is 0.220 e. The zero-order valence-electron chi connectivity index (χ0n) is 10.4. The molecule has 1 heterocycles. The average molecular weight is 331 g/mol. The van der Waals surface area contributed by atoms with Crippen molar-refractivity contribution in [3.63, 3.8) is 0 Å². The highest BCUT2D eigenvalue weighted by molar-refractivity contribution is 9.10.